The maximum absolute atomic E-state index is 13.4. The number of pyridine rings is 1. The van der Waals surface area contributed by atoms with Crippen LogP contribution in [0.4, 0.5) is 0 Å². The fourth-order valence-electron chi connectivity index (χ4n) is 3.45. The monoisotopic (exact) mass is 430 g/mol. The minimum atomic E-state index is -0.628. The zero-order valence-corrected chi connectivity index (χ0v) is 18.5. The fraction of sp³-hybridized carbons (Fsp3) is 0.269. The van der Waals surface area contributed by atoms with Crippen molar-refractivity contribution in [1.29, 1.82) is 5.26 Å². The van der Waals surface area contributed by atoms with E-state index in [1.807, 2.05) is 37.3 Å². The lowest BCUT2D eigenvalue weighted by molar-refractivity contribution is 0.103. The smallest absolute Gasteiger partial charge is 0.271 e. The molecule has 0 unspecified atom stereocenters. The summed E-state index contributed by atoms with van der Waals surface area (Å²) in [7, 11) is 0. The van der Waals surface area contributed by atoms with Crippen molar-refractivity contribution in [1.82, 2.24) is 4.57 Å². The summed E-state index contributed by atoms with van der Waals surface area (Å²) in [4.78, 5) is 26.2. The maximum Gasteiger partial charge on any atom is 0.271 e. The summed E-state index contributed by atoms with van der Waals surface area (Å²) in [6, 6.07) is 16.1. The lowest BCUT2D eigenvalue weighted by Gasteiger charge is -2.16. The molecule has 164 valence electrons. The SMILES string of the molecule is CCCCOc1cccc(C(=O)c2c(C)c(C#N)c(=O)n(Cc3ccc(C)cc3)c2O)c1. The van der Waals surface area contributed by atoms with E-state index >= 15 is 0 Å². The number of hydrogen-bond acceptors (Lipinski definition) is 5. The molecule has 6 heteroatoms. The molecule has 0 radical (unpaired) electrons. The predicted octanol–water partition coefficient (Wildman–Crippen LogP) is 4.50. The molecule has 0 saturated heterocycles. The zero-order valence-electron chi connectivity index (χ0n) is 18.5. The fourth-order valence-corrected chi connectivity index (χ4v) is 3.45. The largest absolute Gasteiger partial charge is 0.494 e. The van der Waals surface area contributed by atoms with Crippen molar-refractivity contribution < 1.29 is 14.6 Å². The Kier molecular flexibility index (Phi) is 7.11. The molecule has 3 aromatic rings. The van der Waals surface area contributed by atoms with Gasteiger partial charge in [-0.25, -0.2) is 0 Å². The Balaban J connectivity index is 2.07. The van der Waals surface area contributed by atoms with Crippen LogP contribution in [0.15, 0.2) is 53.3 Å². The van der Waals surface area contributed by atoms with Crippen LogP contribution >= 0.6 is 0 Å². The molecule has 0 fully saturated rings. The van der Waals surface area contributed by atoms with Crippen molar-refractivity contribution >= 4 is 5.78 Å². The summed E-state index contributed by atoms with van der Waals surface area (Å²) in [5.74, 6) is -0.376. The van der Waals surface area contributed by atoms with Gasteiger partial charge >= 0.3 is 0 Å². The second-order valence-corrected chi connectivity index (χ2v) is 7.75. The first kappa shape index (κ1) is 22.8. The van der Waals surface area contributed by atoms with E-state index in [-0.39, 0.29) is 23.2 Å². The zero-order chi connectivity index (χ0) is 23.3. The van der Waals surface area contributed by atoms with E-state index < -0.39 is 17.2 Å². The van der Waals surface area contributed by atoms with Gasteiger partial charge < -0.3 is 9.84 Å². The van der Waals surface area contributed by atoms with Gasteiger partial charge in [-0.3, -0.25) is 14.2 Å². The molecule has 0 amide bonds. The Hall–Kier alpha value is -3.85. The second-order valence-electron chi connectivity index (χ2n) is 7.75. The van der Waals surface area contributed by atoms with Gasteiger partial charge in [0, 0.05) is 5.56 Å². The Bertz CT molecular complexity index is 1230. The Labute approximate surface area is 187 Å². The van der Waals surface area contributed by atoms with Crippen LogP contribution in [-0.2, 0) is 6.54 Å². The highest BCUT2D eigenvalue weighted by Gasteiger charge is 2.25. The number of carbonyl (C=O) groups excluding carboxylic acids is 1. The van der Waals surface area contributed by atoms with E-state index in [1.54, 1.807) is 24.3 Å². The van der Waals surface area contributed by atoms with Gasteiger partial charge in [0.2, 0.25) is 5.88 Å². The molecular weight excluding hydrogens is 404 g/mol. The first-order valence-electron chi connectivity index (χ1n) is 10.6. The standard InChI is InChI=1S/C26H26N2O4/c1-4-5-13-32-21-8-6-7-20(14-21)24(29)23-18(3)22(15-27)25(30)28(26(23)31)16-19-11-9-17(2)10-12-19/h6-12,14,31H,4-5,13,16H2,1-3H3. The lowest BCUT2D eigenvalue weighted by atomic mass is 9.97. The highest BCUT2D eigenvalue weighted by molar-refractivity contribution is 6.11. The number of ketones is 1. The highest BCUT2D eigenvalue weighted by Crippen LogP contribution is 2.27. The Morgan fingerprint density at radius 2 is 1.88 bits per heavy atom. The van der Waals surface area contributed by atoms with E-state index in [0.29, 0.717) is 17.9 Å². The molecule has 32 heavy (non-hydrogen) atoms. The molecule has 0 atom stereocenters. The molecule has 1 N–H and O–H groups in total. The number of hydrogen-bond donors (Lipinski definition) is 1. The van der Waals surface area contributed by atoms with E-state index in [0.717, 1.165) is 28.5 Å². The minimum Gasteiger partial charge on any atom is -0.494 e. The maximum atomic E-state index is 13.4. The van der Waals surface area contributed by atoms with Gasteiger partial charge in [-0.15, -0.1) is 0 Å². The normalized spacial score (nSPS) is 10.6. The topological polar surface area (TPSA) is 92.3 Å². The number of aryl methyl sites for hydroxylation is 1. The number of unbranched alkanes of at least 4 members (excludes halogenated alkanes) is 1. The van der Waals surface area contributed by atoms with Crippen LogP contribution in [0.5, 0.6) is 11.6 Å². The average Bonchev–Trinajstić information content (AvgIpc) is 2.78. The number of benzene rings is 2. The van der Waals surface area contributed by atoms with Gasteiger partial charge in [-0.1, -0.05) is 55.3 Å². The van der Waals surface area contributed by atoms with Crippen LogP contribution in [0.3, 0.4) is 0 Å². The third kappa shape index (κ3) is 4.73. The number of nitrogens with zero attached hydrogens (tertiary/aromatic N) is 2. The molecule has 1 aromatic heterocycles. The van der Waals surface area contributed by atoms with E-state index in [1.165, 1.54) is 6.92 Å². The van der Waals surface area contributed by atoms with Crippen LogP contribution in [0.1, 0.15) is 57.9 Å². The second kappa shape index (κ2) is 9.97. The van der Waals surface area contributed by atoms with Gasteiger partial charge in [0.25, 0.3) is 5.56 Å². The van der Waals surface area contributed by atoms with Crippen molar-refractivity contribution in [2.24, 2.45) is 0 Å². The molecule has 3 rings (SSSR count). The third-order valence-electron chi connectivity index (χ3n) is 5.35. The lowest BCUT2D eigenvalue weighted by Crippen LogP contribution is -2.27. The molecule has 0 saturated carbocycles. The molecule has 2 aromatic carbocycles. The van der Waals surface area contributed by atoms with Crippen LogP contribution in [0.25, 0.3) is 0 Å². The number of carbonyl (C=O) groups is 1. The molecule has 0 spiro atoms. The predicted molar refractivity (Wildman–Crippen MR) is 122 cm³/mol. The van der Waals surface area contributed by atoms with Crippen LogP contribution < -0.4 is 10.3 Å². The average molecular weight is 431 g/mol. The minimum absolute atomic E-state index is 0.0420. The third-order valence-corrected chi connectivity index (χ3v) is 5.35. The number of aromatic hydroxyl groups is 1. The summed E-state index contributed by atoms with van der Waals surface area (Å²) < 4.78 is 6.76. The Morgan fingerprint density at radius 3 is 2.53 bits per heavy atom. The van der Waals surface area contributed by atoms with Gasteiger partial charge in [-0.05, 0) is 43.5 Å². The van der Waals surface area contributed by atoms with Crippen molar-refractivity contribution in [2.45, 2.75) is 40.2 Å². The summed E-state index contributed by atoms with van der Waals surface area (Å²) >= 11 is 0. The summed E-state index contributed by atoms with van der Waals surface area (Å²) in [6.45, 7) is 6.10. The molecule has 0 bridgehead atoms. The summed E-state index contributed by atoms with van der Waals surface area (Å²) in [6.07, 6.45) is 1.89. The van der Waals surface area contributed by atoms with Gasteiger partial charge in [0.1, 0.15) is 17.4 Å². The number of nitriles is 1. The van der Waals surface area contributed by atoms with Crippen LogP contribution in [0, 0.1) is 25.2 Å². The number of rotatable bonds is 8. The van der Waals surface area contributed by atoms with Gasteiger partial charge in [0.05, 0.1) is 18.7 Å². The van der Waals surface area contributed by atoms with Crippen molar-refractivity contribution in [3.05, 3.63) is 92.3 Å². The molecule has 0 aliphatic heterocycles. The van der Waals surface area contributed by atoms with E-state index in [2.05, 4.69) is 6.92 Å². The Morgan fingerprint density at radius 1 is 1.16 bits per heavy atom. The van der Waals surface area contributed by atoms with Crippen molar-refractivity contribution in [2.75, 3.05) is 6.61 Å². The quantitative estimate of drug-likeness (QED) is 0.420. The summed E-state index contributed by atoms with van der Waals surface area (Å²) in [5.41, 5.74) is 1.46. The molecular formula is C26H26N2O4. The number of ether oxygens (including phenoxy) is 1. The summed E-state index contributed by atoms with van der Waals surface area (Å²) in [5, 5.41) is 20.5. The molecule has 0 aliphatic rings. The molecule has 1 heterocycles. The molecule has 6 nitrogen and oxygen atoms in total. The van der Waals surface area contributed by atoms with Crippen molar-refractivity contribution in [3.8, 4) is 17.7 Å². The highest BCUT2D eigenvalue weighted by atomic mass is 16.5. The van der Waals surface area contributed by atoms with Gasteiger partial charge in [0.15, 0.2) is 5.78 Å². The molecule has 0 aliphatic carbocycles. The first-order valence-corrected chi connectivity index (χ1v) is 10.6. The van der Waals surface area contributed by atoms with Crippen LogP contribution in [-0.4, -0.2) is 22.1 Å². The first-order chi connectivity index (χ1) is 15.4. The van der Waals surface area contributed by atoms with E-state index in [4.69, 9.17) is 4.74 Å². The van der Waals surface area contributed by atoms with Gasteiger partial charge in [-0.2, -0.15) is 5.26 Å². The van der Waals surface area contributed by atoms with E-state index in [9.17, 15) is 20.0 Å². The van der Waals surface area contributed by atoms with Crippen LogP contribution in [0.2, 0.25) is 0 Å². The van der Waals surface area contributed by atoms with Crippen molar-refractivity contribution in [3.63, 3.8) is 0 Å². The number of aromatic nitrogens is 1.